The molecule has 4 aromatic rings. The number of carbonyl (C=O) groups is 1. The Hall–Kier alpha value is -3.79. The molecular weight excluding hydrogens is 442 g/mol. The third kappa shape index (κ3) is 4.22. The molecule has 0 spiro atoms. The van der Waals surface area contributed by atoms with Gasteiger partial charge in [0.25, 0.3) is 11.5 Å². The summed E-state index contributed by atoms with van der Waals surface area (Å²) in [6.45, 7) is 0. The topological polar surface area (TPSA) is 130 Å². The smallest absolute Gasteiger partial charge is 0.327 e. The fraction of sp³-hybridized carbons (Fsp3) is 0. The van der Waals surface area contributed by atoms with Gasteiger partial charge in [0.15, 0.2) is 0 Å². The highest BCUT2D eigenvalue weighted by molar-refractivity contribution is 9.10. The van der Waals surface area contributed by atoms with Crippen LogP contribution in [0.15, 0.2) is 68.9 Å². The normalized spacial score (nSPS) is 10.7. The number of hydrogen-bond donors (Lipinski definition) is 3. The number of H-pyrrole nitrogens is 2. The number of aromatic amines is 2. The fourth-order valence-corrected chi connectivity index (χ4v) is 2.92. The molecule has 3 heterocycles. The number of hydrogen-bond acceptors (Lipinski definition) is 6. The number of nitrogens with zero attached hydrogens (tertiary/aromatic N) is 2. The predicted octanol–water partition coefficient (Wildman–Crippen LogP) is 2.81. The van der Waals surface area contributed by atoms with Crippen molar-refractivity contribution in [3.8, 4) is 11.6 Å². The average molecular weight is 454 g/mol. The molecule has 0 fully saturated rings. The Kier molecular flexibility index (Phi) is 4.92. The first-order valence-electron chi connectivity index (χ1n) is 8.31. The summed E-state index contributed by atoms with van der Waals surface area (Å²) in [5.74, 6) is 0.505. The summed E-state index contributed by atoms with van der Waals surface area (Å²) in [6, 6.07) is 11.9. The highest BCUT2D eigenvalue weighted by Gasteiger charge is 2.11. The van der Waals surface area contributed by atoms with Gasteiger partial charge in [0.05, 0.1) is 22.8 Å². The summed E-state index contributed by atoms with van der Waals surface area (Å²) in [5.41, 5.74) is -0.590. The van der Waals surface area contributed by atoms with Gasteiger partial charge < -0.3 is 10.1 Å². The third-order valence-corrected chi connectivity index (χ3v) is 4.36. The predicted molar refractivity (Wildman–Crippen MR) is 109 cm³/mol. The molecule has 1 aromatic carbocycles. The van der Waals surface area contributed by atoms with Gasteiger partial charge in [-0.25, -0.2) is 14.8 Å². The monoisotopic (exact) mass is 453 g/mol. The number of anilines is 1. The molecule has 0 radical (unpaired) electrons. The number of carbonyl (C=O) groups excluding carboxylic acids is 1. The lowest BCUT2D eigenvalue weighted by atomic mass is 10.2. The molecule has 1 amide bonds. The van der Waals surface area contributed by atoms with E-state index in [9.17, 15) is 14.4 Å². The van der Waals surface area contributed by atoms with E-state index in [1.807, 2.05) is 12.1 Å². The number of benzene rings is 1. The zero-order valence-corrected chi connectivity index (χ0v) is 16.2. The number of ether oxygens (including phenoxy) is 1. The maximum Gasteiger partial charge on any atom is 0.327 e. The molecule has 29 heavy (non-hydrogen) atoms. The molecule has 9 nitrogen and oxygen atoms in total. The van der Waals surface area contributed by atoms with Crippen molar-refractivity contribution < 1.29 is 9.53 Å². The van der Waals surface area contributed by atoms with Crippen LogP contribution in [0.5, 0.6) is 11.6 Å². The maximum atomic E-state index is 12.4. The van der Waals surface area contributed by atoms with Gasteiger partial charge in [-0.15, -0.1) is 0 Å². The van der Waals surface area contributed by atoms with E-state index < -0.39 is 17.2 Å². The zero-order valence-electron chi connectivity index (χ0n) is 14.6. The van der Waals surface area contributed by atoms with Crippen molar-refractivity contribution in [1.29, 1.82) is 0 Å². The number of nitrogens with one attached hydrogen (secondary N) is 3. The van der Waals surface area contributed by atoms with Crippen molar-refractivity contribution >= 4 is 38.6 Å². The number of fused-ring (bicyclic) bond motifs is 1. The number of rotatable bonds is 4. The van der Waals surface area contributed by atoms with Crippen LogP contribution in [0.3, 0.4) is 0 Å². The molecule has 144 valence electrons. The minimum atomic E-state index is -0.663. The zero-order chi connectivity index (χ0) is 20.4. The van der Waals surface area contributed by atoms with Crippen molar-refractivity contribution in [2.75, 3.05) is 5.32 Å². The van der Waals surface area contributed by atoms with Crippen molar-refractivity contribution in [2.45, 2.75) is 0 Å². The van der Waals surface area contributed by atoms with Crippen molar-refractivity contribution in [2.24, 2.45) is 0 Å². The van der Waals surface area contributed by atoms with E-state index in [1.54, 1.807) is 24.3 Å². The van der Waals surface area contributed by atoms with Crippen LogP contribution in [0.1, 0.15) is 10.4 Å². The number of halogens is 1. The Morgan fingerprint density at radius 1 is 1.03 bits per heavy atom. The average Bonchev–Trinajstić information content (AvgIpc) is 2.69. The summed E-state index contributed by atoms with van der Waals surface area (Å²) in [7, 11) is 0. The third-order valence-electron chi connectivity index (χ3n) is 3.87. The Morgan fingerprint density at radius 2 is 1.90 bits per heavy atom. The largest absolute Gasteiger partial charge is 0.439 e. The van der Waals surface area contributed by atoms with Crippen LogP contribution >= 0.6 is 15.9 Å². The number of pyridine rings is 2. The summed E-state index contributed by atoms with van der Waals surface area (Å²) in [6.07, 6.45) is 2.72. The molecule has 0 aliphatic heterocycles. The van der Waals surface area contributed by atoms with Crippen molar-refractivity contribution in [3.63, 3.8) is 0 Å². The lowest BCUT2D eigenvalue weighted by Gasteiger charge is -2.08. The van der Waals surface area contributed by atoms with Crippen LogP contribution < -0.4 is 21.3 Å². The second-order valence-corrected chi connectivity index (χ2v) is 6.84. The summed E-state index contributed by atoms with van der Waals surface area (Å²) in [4.78, 5) is 48.2. The molecule has 0 saturated heterocycles. The molecule has 0 aliphatic rings. The first kappa shape index (κ1) is 18.6. The van der Waals surface area contributed by atoms with Crippen LogP contribution in [0, 0.1) is 0 Å². The molecule has 0 bridgehead atoms. The molecule has 3 N–H and O–H groups in total. The number of aromatic nitrogens is 4. The highest BCUT2D eigenvalue weighted by Crippen LogP contribution is 2.23. The maximum absolute atomic E-state index is 12.4. The molecule has 0 aliphatic carbocycles. The van der Waals surface area contributed by atoms with Gasteiger partial charge in [-0.1, -0.05) is 22.0 Å². The SMILES string of the molecule is O=C(Nc1ccc(Oc2cccc(Br)c2)nc1)c1cnc2[nH]c(=O)[nH]c(=O)c2c1. The molecule has 0 unspecified atom stereocenters. The van der Waals surface area contributed by atoms with Gasteiger partial charge >= 0.3 is 5.69 Å². The van der Waals surface area contributed by atoms with Crippen LogP contribution in [-0.2, 0) is 0 Å². The molecule has 4 rings (SSSR count). The van der Waals surface area contributed by atoms with Gasteiger partial charge in [-0.3, -0.25) is 19.6 Å². The summed E-state index contributed by atoms with van der Waals surface area (Å²) >= 11 is 3.37. The van der Waals surface area contributed by atoms with Crippen LogP contribution in [0.4, 0.5) is 5.69 Å². The highest BCUT2D eigenvalue weighted by atomic mass is 79.9. The second kappa shape index (κ2) is 7.68. The Morgan fingerprint density at radius 3 is 2.66 bits per heavy atom. The van der Waals surface area contributed by atoms with Crippen LogP contribution in [0.25, 0.3) is 11.0 Å². The minimum Gasteiger partial charge on any atom is -0.439 e. The standard InChI is InChI=1S/C19H12BrN5O4/c20-11-2-1-3-13(7-11)29-15-5-4-12(9-21-15)23-17(26)10-6-14-16(22-8-10)24-19(28)25-18(14)27/h1-9H,(H,23,26)(H2,22,24,25,27,28). The van der Waals surface area contributed by atoms with Crippen molar-refractivity contribution in [3.05, 3.63) is 85.7 Å². The summed E-state index contributed by atoms with van der Waals surface area (Å²) < 4.78 is 6.52. The van der Waals surface area contributed by atoms with Crippen LogP contribution in [0.2, 0.25) is 0 Å². The lowest BCUT2D eigenvalue weighted by Crippen LogP contribution is -2.23. The molecule has 0 atom stereocenters. The van der Waals surface area contributed by atoms with Gasteiger partial charge in [0, 0.05) is 16.7 Å². The van der Waals surface area contributed by atoms with E-state index >= 15 is 0 Å². The minimum absolute atomic E-state index is 0.103. The Bertz CT molecular complexity index is 1330. The van der Waals surface area contributed by atoms with Gasteiger partial charge in [0.1, 0.15) is 11.4 Å². The molecule has 3 aromatic heterocycles. The summed E-state index contributed by atoms with van der Waals surface area (Å²) in [5, 5.41) is 2.77. The lowest BCUT2D eigenvalue weighted by molar-refractivity contribution is 0.102. The molecular formula is C19H12BrN5O4. The van der Waals surface area contributed by atoms with E-state index in [2.05, 4.69) is 41.2 Å². The van der Waals surface area contributed by atoms with Gasteiger partial charge in [-0.05, 0) is 30.3 Å². The quantitative estimate of drug-likeness (QED) is 0.435. The Labute approximate surface area is 170 Å². The second-order valence-electron chi connectivity index (χ2n) is 5.93. The molecule has 10 heteroatoms. The van der Waals surface area contributed by atoms with Crippen molar-refractivity contribution in [1.82, 2.24) is 19.9 Å². The van der Waals surface area contributed by atoms with E-state index in [4.69, 9.17) is 4.74 Å². The Balaban J connectivity index is 1.50. The molecule has 0 saturated carbocycles. The number of amides is 1. The van der Waals surface area contributed by atoms with E-state index in [-0.39, 0.29) is 16.6 Å². The first-order valence-corrected chi connectivity index (χ1v) is 9.10. The van der Waals surface area contributed by atoms with Crippen LogP contribution in [-0.4, -0.2) is 25.8 Å². The van der Waals surface area contributed by atoms with E-state index in [1.165, 1.54) is 18.5 Å². The van der Waals surface area contributed by atoms with Gasteiger partial charge in [-0.2, -0.15) is 0 Å². The van der Waals surface area contributed by atoms with E-state index in [0.717, 1.165) is 4.47 Å². The van der Waals surface area contributed by atoms with E-state index in [0.29, 0.717) is 17.3 Å². The fourth-order valence-electron chi connectivity index (χ4n) is 2.54. The van der Waals surface area contributed by atoms with Gasteiger partial charge in [0.2, 0.25) is 5.88 Å². The first-order chi connectivity index (χ1) is 14.0.